The van der Waals surface area contributed by atoms with Crippen LogP contribution in [0.2, 0.25) is 0 Å². The first-order valence-corrected chi connectivity index (χ1v) is 18.0. The van der Waals surface area contributed by atoms with Crippen molar-refractivity contribution in [1.29, 1.82) is 0 Å². The van der Waals surface area contributed by atoms with Crippen LogP contribution >= 0.6 is 22.7 Å². The van der Waals surface area contributed by atoms with Gasteiger partial charge in [-0.3, -0.25) is 14.5 Å². The van der Waals surface area contributed by atoms with Crippen molar-refractivity contribution >= 4 is 38.8 Å². The molecule has 3 N–H and O–H groups in total. The molecule has 9 nitrogen and oxygen atoms in total. The topological polar surface area (TPSA) is 111 Å². The number of thiazole rings is 2. The highest BCUT2D eigenvalue weighted by molar-refractivity contribution is 7.16. The van der Waals surface area contributed by atoms with Crippen LogP contribution in [-0.2, 0) is 24.1 Å². The van der Waals surface area contributed by atoms with E-state index in [-0.39, 0.29) is 27.9 Å². The molecule has 48 heavy (non-hydrogen) atoms. The molecule has 3 aromatic carbocycles. The van der Waals surface area contributed by atoms with Gasteiger partial charge in [-0.15, -0.1) is 11.3 Å². The van der Waals surface area contributed by atoms with Gasteiger partial charge in [0.2, 0.25) is 0 Å². The fourth-order valence-corrected chi connectivity index (χ4v) is 8.45. The lowest BCUT2D eigenvalue weighted by Crippen LogP contribution is -2.58. The lowest BCUT2D eigenvalue weighted by atomic mass is 9.89. The number of phenolic OH excluding ortho intramolecular Hbond substituents is 1. The fourth-order valence-electron chi connectivity index (χ4n) is 6.75. The molecule has 250 valence electrons. The van der Waals surface area contributed by atoms with Crippen LogP contribution in [-0.4, -0.2) is 82.3 Å². The summed E-state index contributed by atoms with van der Waals surface area (Å²) in [6.45, 7) is 5.30. The van der Waals surface area contributed by atoms with E-state index in [1.165, 1.54) is 11.3 Å². The zero-order valence-corrected chi connectivity index (χ0v) is 28.2. The van der Waals surface area contributed by atoms with Crippen molar-refractivity contribution < 1.29 is 19.0 Å². The Balaban J connectivity index is 0.888. The molecule has 2 saturated heterocycles. The zero-order valence-electron chi connectivity index (χ0n) is 26.5. The molecule has 2 aromatic heterocycles. The molecule has 1 amide bonds. The summed E-state index contributed by atoms with van der Waals surface area (Å²) in [5.74, 6) is -0.193. The molecule has 1 spiro atoms. The molecule has 2 aliphatic heterocycles. The molecular formula is C36H38FN5O4S2. The standard InChI is InChI=1S/C36H38FN5O4S2/c37-28-19-24(8-12-38-13-9-26-6-7-30(43)31-32(26)48-35(45)40-31)18-25(20-28)21-41-14-10-36(11-15-41)23-42(16-17-46-36)34(44)29-22-47-33(39-29)27-4-2-1-3-5-27/h1-7,18-20,22,38,43H,8-17,21,23H2,(H,40,45). The summed E-state index contributed by atoms with van der Waals surface area (Å²) >= 11 is 2.60. The Hall–Kier alpha value is -3.94. The van der Waals surface area contributed by atoms with E-state index in [9.17, 15) is 19.1 Å². The smallest absolute Gasteiger partial charge is 0.305 e. The number of halogens is 1. The average molecular weight is 688 g/mol. The monoisotopic (exact) mass is 687 g/mol. The first kappa shape index (κ1) is 32.6. The third-order valence-corrected chi connectivity index (χ3v) is 11.1. The predicted octanol–water partition coefficient (Wildman–Crippen LogP) is 5.44. The zero-order chi connectivity index (χ0) is 33.1. The Morgan fingerprint density at radius 1 is 1.04 bits per heavy atom. The van der Waals surface area contributed by atoms with Crippen LogP contribution in [0.3, 0.4) is 0 Å². The van der Waals surface area contributed by atoms with E-state index in [0.717, 1.165) is 69.2 Å². The van der Waals surface area contributed by atoms with Crippen LogP contribution in [0.15, 0.2) is 70.8 Å². The van der Waals surface area contributed by atoms with E-state index < -0.39 is 0 Å². The number of H-pyrrole nitrogens is 1. The highest BCUT2D eigenvalue weighted by atomic mass is 32.1. The van der Waals surface area contributed by atoms with E-state index in [2.05, 4.69) is 26.3 Å². The molecule has 0 aliphatic carbocycles. The van der Waals surface area contributed by atoms with Crippen molar-refractivity contribution in [3.63, 3.8) is 0 Å². The van der Waals surface area contributed by atoms with E-state index in [1.807, 2.05) is 46.7 Å². The second-order valence-corrected chi connectivity index (χ2v) is 14.5. The van der Waals surface area contributed by atoms with Crippen molar-refractivity contribution in [3.05, 3.63) is 104 Å². The number of benzene rings is 3. The third-order valence-electron chi connectivity index (χ3n) is 9.27. The largest absolute Gasteiger partial charge is 0.506 e. The number of ether oxygens (including phenoxy) is 1. The van der Waals surface area contributed by atoms with Crippen molar-refractivity contribution in [2.45, 2.75) is 37.8 Å². The molecule has 4 heterocycles. The number of rotatable bonds is 10. The fraction of sp³-hybridized carbons (Fsp3) is 0.361. The molecule has 5 aromatic rings. The maximum absolute atomic E-state index is 14.7. The van der Waals surface area contributed by atoms with Crippen LogP contribution in [0.5, 0.6) is 5.75 Å². The van der Waals surface area contributed by atoms with Gasteiger partial charge in [-0.05, 0) is 73.7 Å². The number of fused-ring (bicyclic) bond motifs is 1. The van der Waals surface area contributed by atoms with Crippen molar-refractivity contribution in [3.8, 4) is 16.3 Å². The Bertz CT molecular complexity index is 1950. The number of hydrogen-bond donors (Lipinski definition) is 3. The molecule has 0 unspecified atom stereocenters. The van der Waals surface area contributed by atoms with Gasteiger partial charge < -0.3 is 25.0 Å². The highest BCUT2D eigenvalue weighted by Crippen LogP contribution is 2.32. The van der Waals surface area contributed by atoms with Crippen LogP contribution in [0.1, 0.15) is 40.0 Å². The van der Waals surface area contributed by atoms with Gasteiger partial charge in [0.1, 0.15) is 27.8 Å². The number of amides is 1. The Labute approximate surface area is 286 Å². The van der Waals surface area contributed by atoms with E-state index in [1.54, 1.807) is 18.2 Å². The second kappa shape index (κ2) is 14.3. The van der Waals surface area contributed by atoms with Crippen molar-refractivity contribution in [1.82, 2.24) is 25.1 Å². The molecule has 0 radical (unpaired) electrons. The SMILES string of the molecule is O=C(c1csc(-c2ccccc2)n1)N1CCOC2(CCN(Cc3cc(F)cc(CCNCCc4ccc(O)c5[nH]c(=O)sc45)c3)CC2)C1. The van der Waals surface area contributed by atoms with E-state index in [0.29, 0.717) is 63.4 Å². The molecule has 0 bridgehead atoms. The molecule has 12 heteroatoms. The van der Waals surface area contributed by atoms with E-state index in [4.69, 9.17) is 4.74 Å². The molecule has 7 rings (SSSR count). The van der Waals surface area contributed by atoms with Crippen molar-refractivity contribution in [2.24, 2.45) is 0 Å². The first-order chi connectivity index (χ1) is 23.3. The number of nitrogens with zero attached hydrogens (tertiary/aromatic N) is 3. The van der Waals surface area contributed by atoms with Gasteiger partial charge >= 0.3 is 4.87 Å². The number of aromatic hydroxyl groups is 1. The van der Waals surface area contributed by atoms with Crippen LogP contribution < -0.4 is 10.2 Å². The van der Waals surface area contributed by atoms with Crippen LogP contribution in [0, 0.1) is 5.82 Å². The normalized spacial score (nSPS) is 16.6. The number of hydrogen-bond acceptors (Lipinski definition) is 9. The molecule has 2 aliphatic rings. The Morgan fingerprint density at radius 2 is 1.83 bits per heavy atom. The first-order valence-electron chi connectivity index (χ1n) is 16.3. The highest BCUT2D eigenvalue weighted by Gasteiger charge is 2.41. The van der Waals surface area contributed by atoms with Crippen LogP contribution in [0.4, 0.5) is 4.39 Å². The maximum atomic E-state index is 14.7. The molecule has 0 saturated carbocycles. The number of nitrogens with one attached hydrogen (secondary N) is 2. The minimum Gasteiger partial charge on any atom is -0.506 e. The number of aromatic amines is 1. The van der Waals surface area contributed by atoms with Gasteiger partial charge in [-0.25, -0.2) is 9.37 Å². The lowest BCUT2D eigenvalue weighted by Gasteiger charge is -2.47. The summed E-state index contributed by atoms with van der Waals surface area (Å²) in [5.41, 5.74) is 4.53. The number of piperidine rings is 1. The maximum Gasteiger partial charge on any atom is 0.305 e. The van der Waals surface area contributed by atoms with Gasteiger partial charge in [-0.1, -0.05) is 53.8 Å². The lowest BCUT2D eigenvalue weighted by molar-refractivity contribution is -0.128. The van der Waals surface area contributed by atoms with Gasteiger partial charge in [-0.2, -0.15) is 0 Å². The predicted molar refractivity (Wildman–Crippen MR) is 187 cm³/mol. The number of likely N-dealkylation sites (tertiary alicyclic amines) is 1. The Morgan fingerprint density at radius 3 is 2.67 bits per heavy atom. The summed E-state index contributed by atoms with van der Waals surface area (Å²) < 4.78 is 21.8. The van der Waals surface area contributed by atoms with Gasteiger partial charge in [0.05, 0.1) is 23.5 Å². The number of carbonyl (C=O) groups excluding carboxylic acids is 1. The summed E-state index contributed by atoms with van der Waals surface area (Å²) in [4.78, 5) is 36.6. The minimum atomic E-state index is -0.369. The number of aromatic nitrogens is 2. The molecular weight excluding hydrogens is 650 g/mol. The average Bonchev–Trinajstić information content (AvgIpc) is 3.75. The summed E-state index contributed by atoms with van der Waals surface area (Å²) in [7, 11) is 0. The Kier molecular flexibility index (Phi) is 9.69. The number of phenols is 1. The second-order valence-electron chi connectivity index (χ2n) is 12.6. The summed E-state index contributed by atoms with van der Waals surface area (Å²) in [5, 5.41) is 16.1. The quantitative estimate of drug-likeness (QED) is 0.168. The minimum absolute atomic E-state index is 0.0445. The number of morpholine rings is 1. The summed E-state index contributed by atoms with van der Waals surface area (Å²) in [6, 6.07) is 18.7. The van der Waals surface area contributed by atoms with Crippen LogP contribution in [0.25, 0.3) is 20.8 Å². The molecule has 2 fully saturated rings. The molecule has 0 atom stereocenters. The van der Waals surface area contributed by atoms with Gasteiger partial charge in [0, 0.05) is 37.1 Å². The third kappa shape index (κ3) is 7.37. The van der Waals surface area contributed by atoms with Gasteiger partial charge in [0.25, 0.3) is 5.91 Å². The summed E-state index contributed by atoms with van der Waals surface area (Å²) in [6.07, 6.45) is 3.02. The number of carbonyl (C=O) groups is 1. The van der Waals surface area contributed by atoms with Crippen molar-refractivity contribution in [2.75, 3.05) is 45.9 Å². The van der Waals surface area contributed by atoms with E-state index >= 15 is 0 Å². The van der Waals surface area contributed by atoms with Gasteiger partial charge in [0.15, 0.2) is 0 Å².